The normalized spacial score (nSPS) is 12.2. The van der Waals surface area contributed by atoms with E-state index in [1.807, 2.05) is 0 Å². The van der Waals surface area contributed by atoms with Gasteiger partial charge in [0.15, 0.2) is 0 Å². The maximum absolute atomic E-state index is 5.35. The van der Waals surface area contributed by atoms with Gasteiger partial charge >= 0.3 is 0 Å². The number of fused-ring (bicyclic) bond motifs is 6. The number of pyridine rings is 1. The Balaban J connectivity index is 1.70. The Labute approximate surface area is 216 Å². The number of aromatic nitrogens is 2. The molecule has 7 aromatic rings. The lowest BCUT2D eigenvalue weighted by Gasteiger charge is -2.23. The van der Waals surface area contributed by atoms with Crippen molar-refractivity contribution in [2.24, 2.45) is 0 Å². The van der Waals surface area contributed by atoms with E-state index in [4.69, 9.17) is 4.98 Å². The van der Waals surface area contributed by atoms with Crippen LogP contribution in [0.3, 0.4) is 0 Å². The summed E-state index contributed by atoms with van der Waals surface area (Å²) in [6.07, 6.45) is 0. The van der Waals surface area contributed by atoms with Crippen LogP contribution < -0.4 is 0 Å². The van der Waals surface area contributed by atoms with Crippen molar-refractivity contribution >= 4 is 43.5 Å². The van der Waals surface area contributed by atoms with Gasteiger partial charge in [0.05, 0.1) is 22.2 Å². The second-order valence-corrected chi connectivity index (χ2v) is 10.9. The Morgan fingerprint density at radius 2 is 1.27 bits per heavy atom. The summed E-state index contributed by atoms with van der Waals surface area (Å²) in [4.78, 5) is 5.35. The average molecular weight is 477 g/mol. The average Bonchev–Trinajstić information content (AvgIpc) is 3.27. The molecule has 0 radical (unpaired) electrons. The van der Waals surface area contributed by atoms with Crippen LogP contribution in [-0.2, 0) is 5.41 Å². The smallest absolute Gasteiger partial charge is 0.0810 e. The molecule has 178 valence electrons. The maximum atomic E-state index is 5.35. The Hall–Kier alpha value is -4.43. The molecule has 7 rings (SSSR count). The summed E-state index contributed by atoms with van der Waals surface area (Å²) in [6.45, 7) is 6.88. The molecule has 2 aromatic heterocycles. The van der Waals surface area contributed by atoms with Crippen LogP contribution in [0.25, 0.3) is 60.4 Å². The molecule has 0 saturated heterocycles. The van der Waals surface area contributed by atoms with Gasteiger partial charge < -0.3 is 4.57 Å². The highest BCUT2D eigenvalue weighted by Gasteiger charge is 2.23. The number of rotatable bonds is 2. The standard InChI is InChI=1S/C35H28N2/c1-35(2,3)29-22-24(21-23-13-7-8-16-26(23)29)33-32-28-18-10-12-20-31(28)37(25-14-5-4-6-15-25)34(32)27-17-9-11-19-30(27)36-33/h4-22H,1-3H3. The zero-order valence-electron chi connectivity index (χ0n) is 21.4. The van der Waals surface area contributed by atoms with Gasteiger partial charge in [-0.2, -0.15) is 0 Å². The summed E-state index contributed by atoms with van der Waals surface area (Å²) in [5.74, 6) is 0. The molecule has 37 heavy (non-hydrogen) atoms. The van der Waals surface area contributed by atoms with Gasteiger partial charge in [0.1, 0.15) is 0 Å². The summed E-state index contributed by atoms with van der Waals surface area (Å²) in [5, 5.41) is 6.15. The van der Waals surface area contributed by atoms with Crippen molar-refractivity contribution in [1.82, 2.24) is 9.55 Å². The first-order valence-electron chi connectivity index (χ1n) is 12.9. The third kappa shape index (κ3) is 3.37. The van der Waals surface area contributed by atoms with Crippen molar-refractivity contribution in [1.29, 1.82) is 0 Å². The van der Waals surface area contributed by atoms with Gasteiger partial charge in [-0.05, 0) is 58.1 Å². The van der Waals surface area contributed by atoms with E-state index in [2.05, 4.69) is 141 Å². The van der Waals surface area contributed by atoms with Gasteiger partial charge in [0.2, 0.25) is 0 Å². The molecule has 0 unspecified atom stereocenters. The predicted octanol–water partition coefficient (Wildman–Crippen LogP) is 9.45. The minimum absolute atomic E-state index is 0.00359. The van der Waals surface area contributed by atoms with Crippen LogP contribution in [-0.4, -0.2) is 9.55 Å². The maximum Gasteiger partial charge on any atom is 0.0810 e. The molecule has 0 amide bonds. The van der Waals surface area contributed by atoms with Gasteiger partial charge in [0.25, 0.3) is 0 Å². The Kier molecular flexibility index (Phi) is 4.74. The van der Waals surface area contributed by atoms with Gasteiger partial charge in [-0.1, -0.05) is 99.6 Å². The van der Waals surface area contributed by atoms with Crippen LogP contribution in [0.5, 0.6) is 0 Å². The molecule has 0 aliphatic rings. The lowest BCUT2D eigenvalue weighted by molar-refractivity contribution is 0.596. The van der Waals surface area contributed by atoms with Crippen LogP contribution in [0.15, 0.2) is 115 Å². The monoisotopic (exact) mass is 476 g/mol. The fraction of sp³-hybridized carbons (Fsp3) is 0.114. The first-order chi connectivity index (χ1) is 18.0. The first kappa shape index (κ1) is 21.8. The van der Waals surface area contributed by atoms with Crippen LogP contribution in [0.1, 0.15) is 26.3 Å². The van der Waals surface area contributed by atoms with E-state index >= 15 is 0 Å². The highest BCUT2D eigenvalue weighted by molar-refractivity contribution is 6.22. The van der Waals surface area contributed by atoms with E-state index in [1.54, 1.807) is 0 Å². The second kappa shape index (κ2) is 8.04. The summed E-state index contributed by atoms with van der Waals surface area (Å²) >= 11 is 0. The summed E-state index contributed by atoms with van der Waals surface area (Å²) < 4.78 is 2.41. The summed E-state index contributed by atoms with van der Waals surface area (Å²) in [5.41, 5.74) is 8.12. The molecule has 2 heterocycles. The van der Waals surface area contributed by atoms with Crippen LogP contribution in [0.4, 0.5) is 0 Å². The molecule has 0 fully saturated rings. The van der Waals surface area contributed by atoms with E-state index < -0.39 is 0 Å². The minimum atomic E-state index is 0.00359. The second-order valence-electron chi connectivity index (χ2n) is 10.9. The third-order valence-corrected chi connectivity index (χ3v) is 7.46. The highest BCUT2D eigenvalue weighted by Crippen LogP contribution is 2.43. The number of hydrogen-bond donors (Lipinski definition) is 0. The molecule has 0 spiro atoms. The van der Waals surface area contributed by atoms with Crippen molar-refractivity contribution < 1.29 is 0 Å². The topological polar surface area (TPSA) is 17.8 Å². The largest absolute Gasteiger partial charge is 0.308 e. The van der Waals surface area contributed by atoms with Gasteiger partial charge in [0, 0.05) is 27.4 Å². The Morgan fingerprint density at radius 1 is 0.622 bits per heavy atom. The van der Waals surface area contributed by atoms with Crippen LogP contribution >= 0.6 is 0 Å². The van der Waals surface area contributed by atoms with Gasteiger partial charge in [-0.3, -0.25) is 0 Å². The van der Waals surface area contributed by atoms with Crippen molar-refractivity contribution in [3.05, 3.63) is 121 Å². The SMILES string of the molecule is CC(C)(C)c1cc(-c2nc3ccccc3c3c2c2ccccc2n3-c2ccccc2)cc2ccccc12. The molecule has 2 nitrogen and oxygen atoms in total. The van der Waals surface area contributed by atoms with E-state index in [1.165, 1.54) is 38.1 Å². The van der Waals surface area contributed by atoms with E-state index in [0.29, 0.717) is 0 Å². The van der Waals surface area contributed by atoms with Gasteiger partial charge in [-0.25, -0.2) is 4.98 Å². The number of hydrogen-bond acceptors (Lipinski definition) is 1. The molecule has 2 heteroatoms. The van der Waals surface area contributed by atoms with Gasteiger partial charge in [-0.15, -0.1) is 0 Å². The zero-order chi connectivity index (χ0) is 25.1. The first-order valence-corrected chi connectivity index (χ1v) is 12.9. The van der Waals surface area contributed by atoms with E-state index in [9.17, 15) is 0 Å². The minimum Gasteiger partial charge on any atom is -0.308 e. The fourth-order valence-electron chi connectivity index (χ4n) is 5.80. The molecule has 0 aliphatic heterocycles. The molecule has 0 aliphatic carbocycles. The van der Waals surface area contributed by atoms with Crippen molar-refractivity contribution in [3.8, 4) is 16.9 Å². The summed E-state index contributed by atoms with van der Waals surface area (Å²) in [6, 6.07) is 41.3. The molecular weight excluding hydrogens is 448 g/mol. The van der Waals surface area contributed by atoms with Crippen molar-refractivity contribution in [2.45, 2.75) is 26.2 Å². The van der Waals surface area contributed by atoms with Crippen LogP contribution in [0.2, 0.25) is 0 Å². The van der Waals surface area contributed by atoms with Crippen LogP contribution in [0, 0.1) is 0 Å². The summed E-state index contributed by atoms with van der Waals surface area (Å²) in [7, 11) is 0. The predicted molar refractivity (Wildman–Crippen MR) is 158 cm³/mol. The lowest BCUT2D eigenvalue weighted by Crippen LogP contribution is -2.12. The number of nitrogens with zero attached hydrogens (tertiary/aromatic N) is 2. The van der Waals surface area contributed by atoms with Crippen molar-refractivity contribution in [2.75, 3.05) is 0 Å². The molecule has 0 atom stereocenters. The van der Waals surface area contributed by atoms with E-state index in [-0.39, 0.29) is 5.41 Å². The highest BCUT2D eigenvalue weighted by atomic mass is 15.0. The third-order valence-electron chi connectivity index (χ3n) is 7.46. The zero-order valence-corrected chi connectivity index (χ0v) is 21.4. The quantitative estimate of drug-likeness (QED) is 0.243. The lowest BCUT2D eigenvalue weighted by atomic mass is 9.82. The molecule has 5 aromatic carbocycles. The Morgan fingerprint density at radius 3 is 2.05 bits per heavy atom. The number of benzene rings is 5. The Bertz CT molecular complexity index is 1950. The molecule has 0 bridgehead atoms. The van der Waals surface area contributed by atoms with Crippen molar-refractivity contribution in [3.63, 3.8) is 0 Å². The molecular formula is C35H28N2. The van der Waals surface area contributed by atoms with E-state index in [0.717, 1.165) is 27.8 Å². The molecule has 0 N–H and O–H groups in total. The molecule has 0 saturated carbocycles. The number of para-hydroxylation sites is 3. The fourth-order valence-corrected chi connectivity index (χ4v) is 5.80.